The normalized spacial score (nSPS) is 15.1. The van der Waals surface area contributed by atoms with E-state index < -0.39 is 10.0 Å². The SMILES string of the molecule is Cc1ccc(S(=O)(=O)N2CCC=CC=C2c2ccc(Br)cc2)cc1. The molecule has 0 N–H and O–H groups in total. The van der Waals surface area contributed by atoms with E-state index in [2.05, 4.69) is 15.9 Å². The minimum atomic E-state index is -3.60. The monoisotopic (exact) mass is 403 g/mol. The van der Waals surface area contributed by atoms with E-state index in [1.807, 2.05) is 61.5 Å². The number of rotatable bonds is 3. The second-order valence-electron chi connectivity index (χ2n) is 5.67. The average Bonchev–Trinajstić information content (AvgIpc) is 2.82. The van der Waals surface area contributed by atoms with Crippen LogP contribution in [-0.2, 0) is 10.0 Å². The van der Waals surface area contributed by atoms with Gasteiger partial charge < -0.3 is 0 Å². The molecule has 5 heteroatoms. The van der Waals surface area contributed by atoms with Crippen molar-refractivity contribution in [1.82, 2.24) is 4.31 Å². The molecule has 2 aromatic rings. The summed E-state index contributed by atoms with van der Waals surface area (Å²) in [4.78, 5) is 0.318. The van der Waals surface area contributed by atoms with Crippen LogP contribution in [0.5, 0.6) is 0 Å². The van der Waals surface area contributed by atoms with Crippen molar-refractivity contribution < 1.29 is 8.42 Å². The van der Waals surface area contributed by atoms with E-state index in [9.17, 15) is 8.42 Å². The van der Waals surface area contributed by atoms with Crippen molar-refractivity contribution in [3.8, 4) is 0 Å². The third-order valence-corrected chi connectivity index (χ3v) is 6.26. The van der Waals surface area contributed by atoms with Crippen LogP contribution in [0, 0.1) is 6.92 Å². The molecule has 0 unspecified atom stereocenters. The van der Waals surface area contributed by atoms with Gasteiger partial charge in [0.05, 0.1) is 10.6 Å². The number of halogens is 1. The average molecular weight is 404 g/mol. The smallest absolute Gasteiger partial charge is 0.264 e. The summed E-state index contributed by atoms with van der Waals surface area (Å²) in [5.74, 6) is 0. The predicted molar refractivity (Wildman–Crippen MR) is 101 cm³/mol. The van der Waals surface area contributed by atoms with Crippen molar-refractivity contribution >= 4 is 31.7 Å². The van der Waals surface area contributed by atoms with Crippen LogP contribution in [0.1, 0.15) is 17.5 Å². The minimum Gasteiger partial charge on any atom is -0.265 e. The summed E-state index contributed by atoms with van der Waals surface area (Å²) in [6.45, 7) is 2.37. The molecule has 0 saturated heterocycles. The Kier molecular flexibility index (Phi) is 4.92. The van der Waals surface area contributed by atoms with Crippen molar-refractivity contribution in [2.24, 2.45) is 0 Å². The molecule has 1 aliphatic heterocycles. The van der Waals surface area contributed by atoms with Crippen molar-refractivity contribution in [2.45, 2.75) is 18.2 Å². The lowest BCUT2D eigenvalue weighted by atomic mass is 10.1. The van der Waals surface area contributed by atoms with E-state index >= 15 is 0 Å². The maximum absolute atomic E-state index is 13.2. The number of hydrogen-bond acceptors (Lipinski definition) is 2. The molecule has 0 amide bonds. The molecule has 0 aromatic heterocycles. The lowest BCUT2D eigenvalue weighted by Crippen LogP contribution is -2.30. The Bertz CT molecular complexity index is 882. The molecule has 24 heavy (non-hydrogen) atoms. The Balaban J connectivity index is 2.06. The lowest BCUT2D eigenvalue weighted by Gasteiger charge is -2.26. The van der Waals surface area contributed by atoms with Gasteiger partial charge in [-0.15, -0.1) is 0 Å². The van der Waals surface area contributed by atoms with Gasteiger partial charge in [-0.25, -0.2) is 8.42 Å². The summed E-state index contributed by atoms with van der Waals surface area (Å²) < 4.78 is 28.8. The van der Waals surface area contributed by atoms with E-state index in [1.54, 1.807) is 12.1 Å². The van der Waals surface area contributed by atoms with E-state index in [4.69, 9.17) is 0 Å². The van der Waals surface area contributed by atoms with Crippen LogP contribution >= 0.6 is 15.9 Å². The molecule has 3 rings (SSSR count). The van der Waals surface area contributed by atoms with Gasteiger partial charge in [0, 0.05) is 11.0 Å². The van der Waals surface area contributed by atoms with Gasteiger partial charge in [0.25, 0.3) is 10.0 Å². The second kappa shape index (κ2) is 6.95. The molecule has 124 valence electrons. The first-order chi connectivity index (χ1) is 11.5. The van der Waals surface area contributed by atoms with Gasteiger partial charge in [0.2, 0.25) is 0 Å². The fraction of sp³-hybridized carbons (Fsp3) is 0.158. The van der Waals surface area contributed by atoms with Gasteiger partial charge in [0.15, 0.2) is 0 Å². The fourth-order valence-corrected chi connectivity index (χ4v) is 4.37. The Morgan fingerprint density at radius 2 is 1.67 bits per heavy atom. The molecule has 0 fully saturated rings. The summed E-state index contributed by atoms with van der Waals surface area (Å²) >= 11 is 3.42. The first-order valence-corrected chi connectivity index (χ1v) is 9.94. The van der Waals surface area contributed by atoms with E-state index in [0.717, 1.165) is 15.6 Å². The molecule has 0 bridgehead atoms. The van der Waals surface area contributed by atoms with Crippen LogP contribution in [0.2, 0.25) is 0 Å². The highest BCUT2D eigenvalue weighted by Crippen LogP contribution is 2.29. The second-order valence-corrected chi connectivity index (χ2v) is 8.44. The third kappa shape index (κ3) is 3.47. The third-order valence-electron chi connectivity index (χ3n) is 3.91. The van der Waals surface area contributed by atoms with Crippen molar-refractivity contribution in [2.75, 3.05) is 6.54 Å². The number of hydrogen-bond donors (Lipinski definition) is 0. The number of sulfonamides is 1. The summed E-state index contributed by atoms with van der Waals surface area (Å²) in [6.07, 6.45) is 6.45. The molecular formula is C19H18BrNO2S. The highest BCUT2D eigenvalue weighted by Gasteiger charge is 2.27. The first-order valence-electron chi connectivity index (χ1n) is 7.71. The number of benzene rings is 2. The van der Waals surface area contributed by atoms with E-state index in [0.29, 0.717) is 23.6 Å². The van der Waals surface area contributed by atoms with Crippen LogP contribution in [0.4, 0.5) is 0 Å². The van der Waals surface area contributed by atoms with Crippen LogP contribution in [0.25, 0.3) is 5.70 Å². The molecule has 0 saturated carbocycles. The van der Waals surface area contributed by atoms with Gasteiger partial charge in [0.1, 0.15) is 0 Å². The molecule has 3 nitrogen and oxygen atoms in total. The van der Waals surface area contributed by atoms with Gasteiger partial charge >= 0.3 is 0 Å². The highest BCUT2D eigenvalue weighted by atomic mass is 79.9. The number of aryl methyl sites for hydroxylation is 1. The van der Waals surface area contributed by atoms with Gasteiger partial charge in [-0.1, -0.05) is 57.9 Å². The van der Waals surface area contributed by atoms with Crippen LogP contribution in [0.15, 0.2) is 76.1 Å². The highest BCUT2D eigenvalue weighted by molar-refractivity contribution is 9.10. The quantitative estimate of drug-likeness (QED) is 0.741. The van der Waals surface area contributed by atoms with Gasteiger partial charge in [-0.05, 0) is 49.2 Å². The van der Waals surface area contributed by atoms with Crippen molar-refractivity contribution in [1.29, 1.82) is 0 Å². The molecule has 0 radical (unpaired) electrons. The van der Waals surface area contributed by atoms with Crippen LogP contribution < -0.4 is 0 Å². The summed E-state index contributed by atoms with van der Waals surface area (Å²) in [7, 11) is -3.60. The van der Waals surface area contributed by atoms with Crippen LogP contribution in [0.3, 0.4) is 0 Å². The largest absolute Gasteiger partial charge is 0.265 e. The maximum Gasteiger partial charge on any atom is 0.264 e. The van der Waals surface area contributed by atoms with E-state index in [1.165, 1.54) is 4.31 Å². The standard InChI is InChI=1S/C19H18BrNO2S/c1-15-6-12-18(13-7-15)24(22,23)21-14-4-2-3-5-19(21)16-8-10-17(20)11-9-16/h2-3,5-13H,4,14H2,1H3. The maximum atomic E-state index is 13.2. The fourth-order valence-electron chi connectivity index (χ4n) is 2.60. The Hall–Kier alpha value is -1.85. The van der Waals surface area contributed by atoms with Gasteiger partial charge in [-0.3, -0.25) is 4.31 Å². The van der Waals surface area contributed by atoms with Crippen molar-refractivity contribution in [3.63, 3.8) is 0 Å². The molecular weight excluding hydrogens is 386 g/mol. The van der Waals surface area contributed by atoms with Crippen molar-refractivity contribution in [3.05, 3.63) is 82.4 Å². The topological polar surface area (TPSA) is 37.4 Å². The summed E-state index contributed by atoms with van der Waals surface area (Å²) in [5.41, 5.74) is 2.60. The summed E-state index contributed by atoms with van der Waals surface area (Å²) in [5, 5.41) is 0. The molecule has 2 aromatic carbocycles. The predicted octanol–water partition coefficient (Wildman–Crippen LogP) is 4.75. The van der Waals surface area contributed by atoms with Crippen LogP contribution in [-0.4, -0.2) is 19.3 Å². The number of nitrogens with zero attached hydrogens (tertiary/aromatic N) is 1. The van der Waals surface area contributed by atoms with E-state index in [-0.39, 0.29) is 0 Å². The number of allylic oxidation sites excluding steroid dienone is 2. The first kappa shape index (κ1) is 17.0. The molecule has 0 atom stereocenters. The lowest BCUT2D eigenvalue weighted by molar-refractivity contribution is 0.514. The zero-order valence-electron chi connectivity index (χ0n) is 13.3. The Labute approximate surface area is 151 Å². The molecule has 1 aliphatic rings. The Morgan fingerprint density at radius 3 is 2.33 bits per heavy atom. The minimum absolute atomic E-state index is 0.318. The molecule has 0 aliphatic carbocycles. The Morgan fingerprint density at radius 1 is 1.00 bits per heavy atom. The molecule has 1 heterocycles. The zero-order chi connectivity index (χ0) is 17.2. The zero-order valence-corrected chi connectivity index (χ0v) is 15.7. The summed E-state index contributed by atoms with van der Waals surface area (Å²) in [6, 6.07) is 14.7. The molecule has 0 spiro atoms. The van der Waals surface area contributed by atoms with Gasteiger partial charge in [-0.2, -0.15) is 0 Å².